The van der Waals surface area contributed by atoms with Crippen molar-refractivity contribution in [1.29, 1.82) is 0 Å². The molecule has 0 spiro atoms. The van der Waals surface area contributed by atoms with Crippen molar-refractivity contribution < 1.29 is 37.0 Å². The Kier molecular flexibility index (Phi) is 32.6. The molecule has 0 heterocycles. The van der Waals surface area contributed by atoms with E-state index in [0.717, 1.165) is 0 Å². The Hall–Kier alpha value is -0.0557. The van der Waals surface area contributed by atoms with Crippen molar-refractivity contribution in [3.63, 3.8) is 0 Å². The summed E-state index contributed by atoms with van der Waals surface area (Å²) in [6.07, 6.45) is -0.500. The molecule has 0 atom stereocenters. The molecule has 1 rings (SSSR count). The van der Waals surface area contributed by atoms with Crippen LogP contribution in [0.1, 0.15) is 41.5 Å². The van der Waals surface area contributed by atoms with Crippen LogP contribution in [-0.4, -0.2) is 33.6 Å². The minimum Gasteiger partial charge on any atom is -0.394 e. The molecule has 18 heavy (non-hydrogen) atoms. The van der Waals surface area contributed by atoms with Crippen molar-refractivity contribution in [3.05, 3.63) is 30.3 Å². The second-order valence-electron chi connectivity index (χ2n) is 4.24. The molecule has 0 saturated heterocycles. The molecule has 0 unspecified atom stereocenters. The fourth-order valence-corrected chi connectivity index (χ4v) is 0.321. The number of hydrogen-bond donors (Lipinski definition) is 3. The average molecular weight is 293 g/mol. The van der Waals surface area contributed by atoms with E-state index in [9.17, 15) is 0 Å². The monoisotopic (exact) mass is 293 g/mol. The molecule has 0 aliphatic heterocycles. The van der Waals surface area contributed by atoms with Crippen molar-refractivity contribution in [2.75, 3.05) is 0 Å². The smallest absolute Gasteiger partial charge is 0.0483 e. The molecule has 0 aliphatic rings. The van der Waals surface area contributed by atoms with Gasteiger partial charge in [-0.1, -0.05) is 0 Å². The SMILES string of the molecule is CC(C)O.CC(C)O.CC(C)O.[Ti].c1cc[cH-]c1. The summed E-state index contributed by atoms with van der Waals surface area (Å²) >= 11 is 0. The minimum atomic E-state index is -0.167. The molecule has 0 amide bonds. The van der Waals surface area contributed by atoms with Crippen molar-refractivity contribution >= 4 is 0 Å². The molecular weight excluding hydrogens is 264 g/mol. The van der Waals surface area contributed by atoms with E-state index in [1.165, 1.54) is 0 Å². The molecule has 3 nitrogen and oxygen atoms in total. The van der Waals surface area contributed by atoms with Crippen LogP contribution >= 0.6 is 0 Å². The van der Waals surface area contributed by atoms with E-state index in [1.807, 2.05) is 30.3 Å². The molecule has 0 fully saturated rings. The summed E-state index contributed by atoms with van der Waals surface area (Å²) < 4.78 is 0. The van der Waals surface area contributed by atoms with Gasteiger partial charge < -0.3 is 15.3 Å². The molecule has 0 aliphatic carbocycles. The van der Waals surface area contributed by atoms with Gasteiger partial charge >= 0.3 is 0 Å². The largest absolute Gasteiger partial charge is 0.394 e. The summed E-state index contributed by atoms with van der Waals surface area (Å²) in [4.78, 5) is 0. The average Bonchev–Trinajstić information content (AvgIpc) is 2.53. The molecule has 0 radical (unpaired) electrons. The maximum atomic E-state index is 8.06. The van der Waals surface area contributed by atoms with Crippen molar-refractivity contribution in [3.8, 4) is 0 Å². The van der Waals surface area contributed by atoms with Crippen LogP contribution in [0.4, 0.5) is 0 Å². The van der Waals surface area contributed by atoms with E-state index >= 15 is 0 Å². The molecule has 1 aromatic carbocycles. The van der Waals surface area contributed by atoms with E-state index in [2.05, 4.69) is 0 Å². The first-order chi connectivity index (χ1) is 7.70. The molecule has 4 heteroatoms. The third-order valence-electron chi connectivity index (χ3n) is 0.556. The van der Waals surface area contributed by atoms with Gasteiger partial charge in [0.1, 0.15) is 0 Å². The van der Waals surface area contributed by atoms with Crippen LogP contribution < -0.4 is 0 Å². The summed E-state index contributed by atoms with van der Waals surface area (Å²) in [7, 11) is 0. The molecule has 0 aromatic heterocycles. The Morgan fingerprint density at radius 1 is 0.667 bits per heavy atom. The van der Waals surface area contributed by atoms with Gasteiger partial charge in [0.05, 0.1) is 0 Å². The van der Waals surface area contributed by atoms with Crippen LogP contribution in [0.5, 0.6) is 0 Å². The summed E-state index contributed by atoms with van der Waals surface area (Å²) in [6.45, 7) is 10.3. The fraction of sp³-hybridized carbons (Fsp3) is 0.643. The Morgan fingerprint density at radius 3 is 0.889 bits per heavy atom. The minimum absolute atomic E-state index is 0. The van der Waals surface area contributed by atoms with Gasteiger partial charge in [-0.3, -0.25) is 0 Å². The molecule has 1 aromatic rings. The quantitative estimate of drug-likeness (QED) is 0.509. The first kappa shape index (κ1) is 26.5. The van der Waals surface area contributed by atoms with Gasteiger partial charge in [0.25, 0.3) is 0 Å². The van der Waals surface area contributed by atoms with Crippen molar-refractivity contribution in [1.82, 2.24) is 0 Å². The van der Waals surface area contributed by atoms with E-state index in [1.54, 1.807) is 41.5 Å². The number of aliphatic hydroxyl groups is 3. The van der Waals surface area contributed by atoms with Gasteiger partial charge in [-0.25, -0.2) is 12.1 Å². The predicted molar refractivity (Wildman–Crippen MR) is 74.1 cm³/mol. The van der Waals surface area contributed by atoms with Crippen LogP contribution in [0, 0.1) is 0 Å². The Balaban J connectivity index is -0.0000000719. The Bertz CT molecular complexity index is 145. The van der Waals surface area contributed by atoms with E-state index < -0.39 is 0 Å². The molecule has 0 bridgehead atoms. The van der Waals surface area contributed by atoms with E-state index in [4.69, 9.17) is 15.3 Å². The topological polar surface area (TPSA) is 60.7 Å². The van der Waals surface area contributed by atoms with Crippen LogP contribution in [0.15, 0.2) is 30.3 Å². The van der Waals surface area contributed by atoms with Crippen molar-refractivity contribution in [2.45, 2.75) is 59.9 Å². The van der Waals surface area contributed by atoms with Gasteiger partial charge in [0, 0.05) is 40.0 Å². The summed E-state index contributed by atoms with van der Waals surface area (Å²) in [6, 6.07) is 10.0. The van der Waals surface area contributed by atoms with Crippen LogP contribution in [0.3, 0.4) is 0 Å². The first-order valence-corrected chi connectivity index (χ1v) is 5.91. The molecule has 108 valence electrons. The number of hydrogen-bond acceptors (Lipinski definition) is 3. The molecule has 3 N–H and O–H groups in total. The third-order valence-corrected chi connectivity index (χ3v) is 0.556. The third kappa shape index (κ3) is 146. The second kappa shape index (κ2) is 22.2. The van der Waals surface area contributed by atoms with Crippen LogP contribution in [-0.2, 0) is 21.7 Å². The van der Waals surface area contributed by atoms with Gasteiger partial charge in [0.2, 0.25) is 0 Å². The maximum Gasteiger partial charge on any atom is 0.0483 e. The summed E-state index contributed by atoms with van der Waals surface area (Å²) in [5.74, 6) is 0. The standard InChI is InChI=1S/C5H5.3C3H8O.Ti/c1-2-4-5-3-1;3*1-3(2)4;/h1-5H;3*3-4H,1-2H3;/q-1;;;;. The van der Waals surface area contributed by atoms with E-state index in [-0.39, 0.29) is 40.0 Å². The number of rotatable bonds is 0. The normalized spacial score (nSPS) is 8.22. The second-order valence-corrected chi connectivity index (χ2v) is 4.24. The van der Waals surface area contributed by atoms with Crippen LogP contribution in [0.25, 0.3) is 0 Å². The van der Waals surface area contributed by atoms with Crippen LogP contribution in [0.2, 0.25) is 0 Å². The van der Waals surface area contributed by atoms with Gasteiger partial charge in [-0.2, -0.15) is 18.2 Å². The molecular formula is C14H29O3Ti-. The zero-order valence-corrected chi connectivity index (χ0v) is 14.0. The molecule has 0 saturated carbocycles. The zero-order chi connectivity index (χ0) is 14.3. The first-order valence-electron chi connectivity index (χ1n) is 5.91. The number of aliphatic hydroxyl groups excluding tert-OH is 3. The maximum absolute atomic E-state index is 8.06. The van der Waals surface area contributed by atoms with Gasteiger partial charge in [-0.15, -0.1) is 0 Å². The predicted octanol–water partition coefficient (Wildman–Crippen LogP) is 2.56. The van der Waals surface area contributed by atoms with Gasteiger partial charge in [-0.05, 0) is 41.5 Å². The summed E-state index contributed by atoms with van der Waals surface area (Å²) in [5.41, 5.74) is 0. The van der Waals surface area contributed by atoms with Gasteiger partial charge in [0.15, 0.2) is 0 Å². The Morgan fingerprint density at radius 2 is 0.833 bits per heavy atom. The van der Waals surface area contributed by atoms with E-state index in [0.29, 0.717) is 0 Å². The summed E-state index contributed by atoms with van der Waals surface area (Å²) in [5, 5.41) is 24.2. The Labute approximate surface area is 127 Å². The zero-order valence-electron chi connectivity index (χ0n) is 12.5. The van der Waals surface area contributed by atoms with Crippen molar-refractivity contribution in [2.24, 2.45) is 0 Å². The fourth-order valence-electron chi connectivity index (χ4n) is 0.321.